The molecule has 1 aliphatic rings. The Bertz CT molecular complexity index is 705. The SMILES string of the molecule is O=C(NCC1CCN(Cc2ccsc2)CC1)c1ccc(C(F)(F)F)cc1. The van der Waals surface area contributed by atoms with Gasteiger partial charge < -0.3 is 5.32 Å². The summed E-state index contributed by atoms with van der Waals surface area (Å²) >= 11 is 1.70. The fraction of sp³-hybridized carbons (Fsp3) is 0.421. The van der Waals surface area contributed by atoms with E-state index < -0.39 is 11.7 Å². The summed E-state index contributed by atoms with van der Waals surface area (Å²) in [6.45, 7) is 3.52. The van der Waals surface area contributed by atoms with Gasteiger partial charge in [0.1, 0.15) is 0 Å². The first kappa shape index (κ1) is 18.9. The molecule has 0 aliphatic carbocycles. The lowest BCUT2D eigenvalue weighted by molar-refractivity contribution is -0.137. The zero-order valence-electron chi connectivity index (χ0n) is 14.3. The Hall–Kier alpha value is -1.86. The van der Waals surface area contributed by atoms with Gasteiger partial charge in [-0.3, -0.25) is 9.69 Å². The largest absolute Gasteiger partial charge is 0.416 e. The van der Waals surface area contributed by atoms with Crippen LogP contribution in [0.4, 0.5) is 13.2 Å². The summed E-state index contributed by atoms with van der Waals surface area (Å²) < 4.78 is 37.7. The first-order chi connectivity index (χ1) is 12.4. The van der Waals surface area contributed by atoms with Gasteiger partial charge in [-0.15, -0.1) is 0 Å². The average Bonchev–Trinajstić information content (AvgIpc) is 3.13. The fourth-order valence-corrected chi connectivity index (χ4v) is 3.80. The van der Waals surface area contributed by atoms with Gasteiger partial charge in [0, 0.05) is 18.7 Å². The van der Waals surface area contributed by atoms with Crippen LogP contribution < -0.4 is 5.32 Å². The van der Waals surface area contributed by atoms with E-state index >= 15 is 0 Å². The number of hydrogen-bond acceptors (Lipinski definition) is 3. The smallest absolute Gasteiger partial charge is 0.352 e. The highest BCUT2D eigenvalue weighted by Gasteiger charge is 2.30. The van der Waals surface area contributed by atoms with E-state index in [0.717, 1.165) is 44.6 Å². The number of rotatable bonds is 5. The van der Waals surface area contributed by atoms with Crippen molar-refractivity contribution < 1.29 is 18.0 Å². The van der Waals surface area contributed by atoms with Crippen molar-refractivity contribution in [3.63, 3.8) is 0 Å². The number of piperidine rings is 1. The topological polar surface area (TPSA) is 32.3 Å². The second-order valence-electron chi connectivity index (χ2n) is 6.64. The van der Waals surface area contributed by atoms with E-state index in [2.05, 4.69) is 27.0 Å². The van der Waals surface area contributed by atoms with Crippen LogP contribution in [0.2, 0.25) is 0 Å². The van der Waals surface area contributed by atoms with Crippen molar-refractivity contribution in [2.24, 2.45) is 5.92 Å². The molecule has 26 heavy (non-hydrogen) atoms. The van der Waals surface area contributed by atoms with Gasteiger partial charge in [-0.1, -0.05) is 0 Å². The molecule has 0 radical (unpaired) electrons. The van der Waals surface area contributed by atoms with E-state index in [1.54, 1.807) is 11.3 Å². The molecule has 0 unspecified atom stereocenters. The second kappa shape index (κ2) is 8.22. The van der Waals surface area contributed by atoms with Gasteiger partial charge in [0.25, 0.3) is 5.91 Å². The number of hydrogen-bond donors (Lipinski definition) is 1. The van der Waals surface area contributed by atoms with E-state index in [0.29, 0.717) is 12.5 Å². The number of carbonyl (C=O) groups excluding carboxylic acids is 1. The van der Waals surface area contributed by atoms with Crippen LogP contribution in [0.5, 0.6) is 0 Å². The molecule has 3 rings (SSSR count). The summed E-state index contributed by atoms with van der Waals surface area (Å²) in [5.74, 6) is 0.0894. The van der Waals surface area contributed by atoms with Crippen LogP contribution in [0.3, 0.4) is 0 Å². The quantitative estimate of drug-likeness (QED) is 0.831. The second-order valence-corrected chi connectivity index (χ2v) is 7.42. The molecule has 7 heteroatoms. The van der Waals surface area contributed by atoms with E-state index in [9.17, 15) is 18.0 Å². The fourth-order valence-electron chi connectivity index (χ4n) is 3.14. The third kappa shape index (κ3) is 5.08. The first-order valence-corrected chi connectivity index (χ1v) is 9.55. The third-order valence-electron chi connectivity index (χ3n) is 4.72. The maximum Gasteiger partial charge on any atom is 0.416 e. The lowest BCUT2D eigenvalue weighted by atomic mass is 9.96. The minimum atomic E-state index is -4.38. The summed E-state index contributed by atoms with van der Waals surface area (Å²) in [7, 11) is 0. The Morgan fingerprint density at radius 3 is 2.42 bits per heavy atom. The maximum atomic E-state index is 12.6. The number of thiophene rings is 1. The van der Waals surface area contributed by atoms with Crippen molar-refractivity contribution in [1.82, 2.24) is 10.2 Å². The highest BCUT2D eigenvalue weighted by atomic mass is 32.1. The Balaban J connectivity index is 1.42. The van der Waals surface area contributed by atoms with Crippen molar-refractivity contribution in [1.29, 1.82) is 0 Å². The van der Waals surface area contributed by atoms with Gasteiger partial charge in [-0.2, -0.15) is 24.5 Å². The van der Waals surface area contributed by atoms with Crippen LogP contribution in [0, 0.1) is 5.92 Å². The first-order valence-electron chi connectivity index (χ1n) is 8.61. The highest BCUT2D eigenvalue weighted by Crippen LogP contribution is 2.29. The summed E-state index contributed by atoms with van der Waals surface area (Å²) in [5, 5.41) is 7.10. The van der Waals surface area contributed by atoms with Crippen molar-refractivity contribution >= 4 is 17.2 Å². The number of benzene rings is 1. The van der Waals surface area contributed by atoms with Crippen LogP contribution in [0.25, 0.3) is 0 Å². The molecule has 1 N–H and O–H groups in total. The number of nitrogens with zero attached hydrogens (tertiary/aromatic N) is 1. The summed E-state index contributed by atoms with van der Waals surface area (Å²) in [5.41, 5.74) is 0.851. The predicted octanol–water partition coefficient (Wildman–Crippen LogP) is 4.41. The predicted molar refractivity (Wildman–Crippen MR) is 96.1 cm³/mol. The van der Waals surface area contributed by atoms with E-state index in [1.807, 2.05) is 0 Å². The third-order valence-corrected chi connectivity index (χ3v) is 5.45. The normalized spacial score (nSPS) is 16.6. The molecular formula is C19H21F3N2OS. The lowest BCUT2D eigenvalue weighted by Crippen LogP contribution is -2.38. The monoisotopic (exact) mass is 382 g/mol. The molecule has 0 bridgehead atoms. The highest BCUT2D eigenvalue weighted by molar-refractivity contribution is 7.07. The molecule has 3 nitrogen and oxygen atoms in total. The maximum absolute atomic E-state index is 12.6. The van der Waals surface area contributed by atoms with Gasteiger partial charge >= 0.3 is 6.18 Å². The van der Waals surface area contributed by atoms with Crippen molar-refractivity contribution in [3.05, 3.63) is 57.8 Å². The minimum Gasteiger partial charge on any atom is -0.352 e. The molecule has 2 heterocycles. The molecule has 0 saturated carbocycles. The number of halogens is 3. The van der Waals surface area contributed by atoms with Gasteiger partial charge in [0.2, 0.25) is 0 Å². The molecule has 1 aromatic heterocycles. The van der Waals surface area contributed by atoms with E-state index in [-0.39, 0.29) is 11.5 Å². The van der Waals surface area contributed by atoms with Crippen LogP contribution in [-0.4, -0.2) is 30.4 Å². The summed E-state index contributed by atoms with van der Waals surface area (Å²) in [6.07, 6.45) is -2.36. The van der Waals surface area contributed by atoms with Crippen molar-refractivity contribution in [2.75, 3.05) is 19.6 Å². The standard InChI is InChI=1S/C19H21F3N2OS/c20-19(21,22)17-3-1-16(2-4-17)18(25)23-11-14-5-8-24(9-6-14)12-15-7-10-26-13-15/h1-4,7,10,13-14H,5-6,8-9,11-12H2,(H,23,25). The molecule has 1 aromatic carbocycles. The molecule has 1 fully saturated rings. The van der Waals surface area contributed by atoms with Gasteiger partial charge in [-0.05, 0) is 78.5 Å². The molecule has 1 aliphatic heterocycles. The Kier molecular flexibility index (Phi) is 5.98. The molecule has 1 amide bonds. The molecule has 1 saturated heterocycles. The number of alkyl halides is 3. The van der Waals surface area contributed by atoms with Gasteiger partial charge in [0.05, 0.1) is 5.56 Å². The van der Waals surface area contributed by atoms with Gasteiger partial charge in [0.15, 0.2) is 0 Å². The van der Waals surface area contributed by atoms with Crippen LogP contribution in [-0.2, 0) is 12.7 Å². The Labute approximate surface area is 154 Å². The summed E-state index contributed by atoms with van der Waals surface area (Å²) in [4.78, 5) is 14.5. The zero-order chi connectivity index (χ0) is 18.6. The van der Waals surface area contributed by atoms with E-state index in [4.69, 9.17) is 0 Å². The van der Waals surface area contributed by atoms with Crippen molar-refractivity contribution in [2.45, 2.75) is 25.6 Å². The molecule has 0 spiro atoms. The number of amides is 1. The van der Waals surface area contributed by atoms with Crippen LogP contribution in [0.1, 0.15) is 34.3 Å². The Morgan fingerprint density at radius 1 is 1.15 bits per heavy atom. The summed E-state index contributed by atoms with van der Waals surface area (Å²) in [6, 6.07) is 6.47. The zero-order valence-corrected chi connectivity index (χ0v) is 15.1. The molecule has 0 atom stereocenters. The number of nitrogens with one attached hydrogen (secondary N) is 1. The number of carbonyl (C=O) groups is 1. The lowest BCUT2D eigenvalue weighted by Gasteiger charge is -2.31. The van der Waals surface area contributed by atoms with E-state index in [1.165, 1.54) is 17.7 Å². The molecule has 2 aromatic rings. The Morgan fingerprint density at radius 2 is 1.85 bits per heavy atom. The minimum absolute atomic E-state index is 0.257. The van der Waals surface area contributed by atoms with Crippen LogP contribution in [0.15, 0.2) is 41.1 Å². The number of likely N-dealkylation sites (tertiary alicyclic amines) is 1. The molecular weight excluding hydrogens is 361 g/mol. The van der Waals surface area contributed by atoms with Crippen molar-refractivity contribution in [3.8, 4) is 0 Å². The van der Waals surface area contributed by atoms with Gasteiger partial charge in [-0.25, -0.2) is 0 Å². The average molecular weight is 382 g/mol. The van der Waals surface area contributed by atoms with Crippen LogP contribution >= 0.6 is 11.3 Å². The molecule has 140 valence electrons.